The molecule has 0 aliphatic carbocycles. The maximum atomic E-state index is 4.93. The van der Waals surface area contributed by atoms with Gasteiger partial charge < -0.3 is 15.1 Å². The van der Waals surface area contributed by atoms with Crippen molar-refractivity contribution in [2.75, 3.05) is 50.0 Å². The summed E-state index contributed by atoms with van der Waals surface area (Å²) < 4.78 is 0. The van der Waals surface area contributed by atoms with Crippen molar-refractivity contribution >= 4 is 34.0 Å². The molecular weight excluding hydrogens is 368 g/mol. The van der Waals surface area contributed by atoms with E-state index in [9.17, 15) is 0 Å². The van der Waals surface area contributed by atoms with Gasteiger partial charge in [-0.2, -0.15) is 4.98 Å². The summed E-state index contributed by atoms with van der Waals surface area (Å²) in [5.74, 6) is 1.74. The van der Waals surface area contributed by atoms with Gasteiger partial charge in [0.15, 0.2) is 0 Å². The Morgan fingerprint density at radius 1 is 1.14 bits per heavy atom. The SMILES string of the molecule is CCCc1cc2c(NCCc3cccs3)nc(N3CCN(C)CC3)nc2cn1. The van der Waals surface area contributed by atoms with Crippen LogP contribution in [0.25, 0.3) is 10.9 Å². The monoisotopic (exact) mass is 396 g/mol. The summed E-state index contributed by atoms with van der Waals surface area (Å²) in [5.41, 5.74) is 2.02. The van der Waals surface area contributed by atoms with Gasteiger partial charge in [-0.15, -0.1) is 11.3 Å². The first-order valence-corrected chi connectivity index (χ1v) is 11.0. The Hall–Kier alpha value is -2.25. The quantitative estimate of drug-likeness (QED) is 0.660. The molecule has 28 heavy (non-hydrogen) atoms. The van der Waals surface area contributed by atoms with Crippen LogP contribution in [0.2, 0.25) is 0 Å². The third-order valence-corrected chi connectivity index (χ3v) is 6.10. The Labute approximate surface area is 170 Å². The van der Waals surface area contributed by atoms with Crippen molar-refractivity contribution < 1.29 is 0 Å². The van der Waals surface area contributed by atoms with Gasteiger partial charge in [0.2, 0.25) is 5.95 Å². The summed E-state index contributed by atoms with van der Waals surface area (Å²) in [7, 11) is 2.16. The zero-order valence-corrected chi connectivity index (χ0v) is 17.5. The molecule has 148 valence electrons. The topological polar surface area (TPSA) is 57.2 Å². The van der Waals surface area contributed by atoms with E-state index in [2.05, 4.69) is 57.7 Å². The van der Waals surface area contributed by atoms with Gasteiger partial charge in [-0.05, 0) is 37.4 Å². The standard InChI is InChI=1S/C21H28N6S/c1-3-5-16-14-18-19(15-23-16)24-21(27-11-9-26(2)10-12-27)25-20(18)22-8-7-17-6-4-13-28-17/h4,6,13-15H,3,5,7-12H2,1-2H3,(H,22,24,25). The van der Waals surface area contributed by atoms with Crippen molar-refractivity contribution in [3.05, 3.63) is 40.3 Å². The number of hydrogen-bond donors (Lipinski definition) is 1. The number of likely N-dealkylation sites (N-methyl/N-ethyl adjacent to an activating group) is 1. The summed E-state index contributed by atoms with van der Waals surface area (Å²) in [6, 6.07) is 6.44. The zero-order chi connectivity index (χ0) is 19.3. The van der Waals surface area contributed by atoms with Crippen molar-refractivity contribution in [3.63, 3.8) is 0 Å². The molecule has 0 amide bonds. The summed E-state index contributed by atoms with van der Waals surface area (Å²) in [6.45, 7) is 7.03. The molecule has 1 N–H and O–H groups in total. The first kappa shape index (κ1) is 19.1. The highest BCUT2D eigenvalue weighted by atomic mass is 32.1. The first-order chi connectivity index (χ1) is 13.7. The number of aryl methyl sites for hydroxylation is 1. The Morgan fingerprint density at radius 2 is 2.00 bits per heavy atom. The molecule has 0 radical (unpaired) electrons. The van der Waals surface area contributed by atoms with Gasteiger partial charge in [0, 0.05) is 48.7 Å². The molecule has 0 atom stereocenters. The number of piperazine rings is 1. The molecule has 0 spiro atoms. The minimum absolute atomic E-state index is 0.810. The number of anilines is 2. The molecule has 3 aromatic heterocycles. The van der Waals surface area contributed by atoms with Crippen LogP contribution in [0.5, 0.6) is 0 Å². The van der Waals surface area contributed by atoms with Crippen LogP contribution in [0.4, 0.5) is 11.8 Å². The predicted molar refractivity (Wildman–Crippen MR) is 118 cm³/mol. The van der Waals surface area contributed by atoms with Crippen LogP contribution in [-0.4, -0.2) is 59.6 Å². The minimum atomic E-state index is 0.810. The number of thiophene rings is 1. The molecule has 6 nitrogen and oxygen atoms in total. The molecule has 0 bridgehead atoms. The van der Waals surface area contributed by atoms with E-state index < -0.39 is 0 Å². The van der Waals surface area contributed by atoms with E-state index in [4.69, 9.17) is 9.97 Å². The molecule has 1 saturated heterocycles. The summed E-state index contributed by atoms with van der Waals surface area (Å²) in [6.07, 6.45) is 4.97. The number of hydrogen-bond acceptors (Lipinski definition) is 7. The van der Waals surface area contributed by atoms with Gasteiger partial charge in [0.25, 0.3) is 0 Å². The number of pyridine rings is 1. The van der Waals surface area contributed by atoms with Crippen LogP contribution >= 0.6 is 11.3 Å². The lowest BCUT2D eigenvalue weighted by Gasteiger charge is -2.32. The Kier molecular flexibility index (Phi) is 6.02. The lowest BCUT2D eigenvalue weighted by molar-refractivity contribution is 0.311. The first-order valence-electron chi connectivity index (χ1n) is 10.1. The summed E-state index contributed by atoms with van der Waals surface area (Å²) in [5, 5.41) is 6.77. The van der Waals surface area contributed by atoms with E-state index in [0.717, 1.165) is 80.3 Å². The van der Waals surface area contributed by atoms with Crippen molar-refractivity contribution in [2.45, 2.75) is 26.2 Å². The highest BCUT2D eigenvalue weighted by Gasteiger charge is 2.19. The number of nitrogens with zero attached hydrogens (tertiary/aromatic N) is 5. The van der Waals surface area contributed by atoms with E-state index >= 15 is 0 Å². The van der Waals surface area contributed by atoms with Crippen LogP contribution in [-0.2, 0) is 12.8 Å². The molecule has 1 aliphatic rings. The van der Waals surface area contributed by atoms with Crippen molar-refractivity contribution in [3.8, 4) is 0 Å². The number of rotatable bonds is 7. The van der Waals surface area contributed by atoms with Crippen LogP contribution in [0.1, 0.15) is 23.9 Å². The smallest absolute Gasteiger partial charge is 0.228 e. The van der Waals surface area contributed by atoms with Crippen molar-refractivity contribution in [1.82, 2.24) is 19.9 Å². The molecule has 0 unspecified atom stereocenters. The van der Waals surface area contributed by atoms with E-state index in [1.807, 2.05) is 6.20 Å². The van der Waals surface area contributed by atoms with Crippen LogP contribution < -0.4 is 10.2 Å². The number of aromatic nitrogens is 3. The van der Waals surface area contributed by atoms with E-state index in [1.54, 1.807) is 11.3 Å². The van der Waals surface area contributed by atoms with E-state index in [-0.39, 0.29) is 0 Å². The van der Waals surface area contributed by atoms with Gasteiger partial charge >= 0.3 is 0 Å². The lowest BCUT2D eigenvalue weighted by Crippen LogP contribution is -2.45. The molecule has 1 aliphatic heterocycles. The number of nitrogens with one attached hydrogen (secondary N) is 1. The van der Waals surface area contributed by atoms with Gasteiger partial charge in [0.05, 0.1) is 11.7 Å². The van der Waals surface area contributed by atoms with Crippen LogP contribution in [0.3, 0.4) is 0 Å². The second kappa shape index (κ2) is 8.84. The van der Waals surface area contributed by atoms with Gasteiger partial charge in [-0.25, -0.2) is 4.98 Å². The molecule has 0 saturated carbocycles. The summed E-state index contributed by atoms with van der Waals surface area (Å²) in [4.78, 5) is 20.4. The highest BCUT2D eigenvalue weighted by molar-refractivity contribution is 7.09. The fourth-order valence-electron chi connectivity index (χ4n) is 3.50. The fraction of sp³-hybridized carbons (Fsp3) is 0.476. The molecule has 4 heterocycles. The Balaban J connectivity index is 1.62. The second-order valence-corrected chi connectivity index (χ2v) is 8.39. The van der Waals surface area contributed by atoms with Gasteiger partial charge in [-0.1, -0.05) is 19.4 Å². The third kappa shape index (κ3) is 4.42. The highest BCUT2D eigenvalue weighted by Crippen LogP contribution is 2.25. The average Bonchev–Trinajstić information content (AvgIpc) is 3.22. The third-order valence-electron chi connectivity index (χ3n) is 5.16. The predicted octanol–water partition coefficient (Wildman–Crippen LogP) is 3.45. The van der Waals surface area contributed by atoms with E-state index in [0.29, 0.717) is 0 Å². The maximum absolute atomic E-state index is 4.93. The maximum Gasteiger partial charge on any atom is 0.228 e. The largest absolute Gasteiger partial charge is 0.369 e. The Morgan fingerprint density at radius 3 is 2.75 bits per heavy atom. The lowest BCUT2D eigenvalue weighted by atomic mass is 10.2. The van der Waals surface area contributed by atoms with E-state index in [1.165, 1.54) is 4.88 Å². The summed E-state index contributed by atoms with van der Waals surface area (Å²) >= 11 is 1.80. The normalized spacial score (nSPS) is 15.3. The van der Waals surface area contributed by atoms with Crippen molar-refractivity contribution in [1.29, 1.82) is 0 Å². The van der Waals surface area contributed by atoms with Crippen molar-refractivity contribution in [2.24, 2.45) is 0 Å². The molecule has 4 rings (SSSR count). The average molecular weight is 397 g/mol. The van der Waals surface area contributed by atoms with Gasteiger partial charge in [-0.3, -0.25) is 4.98 Å². The van der Waals surface area contributed by atoms with Crippen LogP contribution in [0.15, 0.2) is 29.8 Å². The molecule has 7 heteroatoms. The Bertz CT molecular complexity index is 903. The van der Waals surface area contributed by atoms with Crippen LogP contribution in [0, 0.1) is 0 Å². The van der Waals surface area contributed by atoms with Gasteiger partial charge in [0.1, 0.15) is 5.82 Å². The molecule has 1 fully saturated rings. The second-order valence-electron chi connectivity index (χ2n) is 7.36. The molecule has 0 aromatic carbocycles. The minimum Gasteiger partial charge on any atom is -0.369 e. The zero-order valence-electron chi connectivity index (χ0n) is 16.7. The molecule has 3 aromatic rings. The number of fused-ring (bicyclic) bond motifs is 1. The fourth-order valence-corrected chi connectivity index (χ4v) is 4.21. The molecular formula is C21H28N6S.